The molecule has 1 aromatic carbocycles. The van der Waals surface area contributed by atoms with Gasteiger partial charge in [0, 0.05) is 10.6 Å². The van der Waals surface area contributed by atoms with Gasteiger partial charge in [-0.2, -0.15) is 0 Å². The summed E-state index contributed by atoms with van der Waals surface area (Å²) < 4.78 is 0. The average molecular weight is 308 g/mol. The largest absolute Gasteiger partial charge is 0.312 e. The van der Waals surface area contributed by atoms with Gasteiger partial charge in [0.2, 0.25) is 0 Å². The van der Waals surface area contributed by atoms with Crippen molar-refractivity contribution in [3.8, 4) is 0 Å². The average Bonchev–Trinajstić information content (AvgIpc) is 2.43. The Labute approximate surface area is 135 Å². The van der Waals surface area contributed by atoms with Crippen molar-refractivity contribution in [2.75, 3.05) is 6.54 Å². The highest BCUT2D eigenvalue weighted by atomic mass is 35.5. The fourth-order valence-electron chi connectivity index (χ4n) is 3.42. The fourth-order valence-corrected chi connectivity index (χ4v) is 3.63. The number of rotatable bonds is 5. The Morgan fingerprint density at radius 1 is 1.19 bits per heavy atom. The molecule has 1 aromatic rings. The van der Waals surface area contributed by atoms with Gasteiger partial charge in [-0.15, -0.1) is 0 Å². The highest BCUT2D eigenvalue weighted by molar-refractivity contribution is 6.30. The number of halogens is 1. The minimum atomic E-state index is 0.196. The summed E-state index contributed by atoms with van der Waals surface area (Å²) in [6, 6.07) is 8.40. The van der Waals surface area contributed by atoms with Crippen LogP contribution in [0.3, 0.4) is 0 Å². The molecule has 21 heavy (non-hydrogen) atoms. The summed E-state index contributed by atoms with van der Waals surface area (Å²) in [6.07, 6.45) is 8.19. The zero-order valence-corrected chi connectivity index (χ0v) is 14.5. The Kier molecular flexibility index (Phi) is 6.13. The first-order valence-corrected chi connectivity index (χ1v) is 8.81. The molecule has 0 aromatic heterocycles. The van der Waals surface area contributed by atoms with E-state index in [0.29, 0.717) is 0 Å². The summed E-state index contributed by atoms with van der Waals surface area (Å²) in [4.78, 5) is 0. The van der Waals surface area contributed by atoms with Crippen LogP contribution >= 0.6 is 11.6 Å². The number of nitrogens with one attached hydrogen (secondary N) is 1. The monoisotopic (exact) mass is 307 g/mol. The SMILES string of the molecule is CC(C)(C)NCC(Cc1cccc(Cl)c1)C1CCCCC1. The van der Waals surface area contributed by atoms with Crippen LogP contribution in [0.1, 0.15) is 58.4 Å². The van der Waals surface area contributed by atoms with Gasteiger partial charge in [-0.1, -0.05) is 55.8 Å². The molecular weight excluding hydrogens is 278 g/mol. The van der Waals surface area contributed by atoms with E-state index in [1.54, 1.807) is 0 Å². The first kappa shape index (κ1) is 16.8. The molecule has 1 unspecified atom stereocenters. The van der Waals surface area contributed by atoms with Crippen LogP contribution < -0.4 is 5.32 Å². The molecule has 0 heterocycles. The van der Waals surface area contributed by atoms with Crippen molar-refractivity contribution >= 4 is 11.6 Å². The van der Waals surface area contributed by atoms with Crippen molar-refractivity contribution in [2.24, 2.45) is 11.8 Å². The lowest BCUT2D eigenvalue weighted by Gasteiger charge is -2.33. The van der Waals surface area contributed by atoms with Crippen molar-refractivity contribution in [1.29, 1.82) is 0 Å². The van der Waals surface area contributed by atoms with Crippen LogP contribution in [0.2, 0.25) is 5.02 Å². The molecule has 0 spiro atoms. The molecule has 1 atom stereocenters. The Morgan fingerprint density at radius 2 is 1.90 bits per heavy atom. The second-order valence-corrected chi connectivity index (χ2v) is 8.06. The molecule has 1 aliphatic carbocycles. The van der Waals surface area contributed by atoms with E-state index >= 15 is 0 Å². The summed E-state index contributed by atoms with van der Waals surface area (Å²) in [5.74, 6) is 1.59. The third-order valence-electron chi connectivity index (χ3n) is 4.60. The lowest BCUT2D eigenvalue weighted by atomic mass is 9.77. The predicted molar refractivity (Wildman–Crippen MR) is 93.0 cm³/mol. The van der Waals surface area contributed by atoms with Gasteiger partial charge in [-0.3, -0.25) is 0 Å². The van der Waals surface area contributed by atoms with Crippen molar-refractivity contribution in [3.05, 3.63) is 34.9 Å². The van der Waals surface area contributed by atoms with Gasteiger partial charge in [-0.25, -0.2) is 0 Å². The van der Waals surface area contributed by atoms with Crippen molar-refractivity contribution < 1.29 is 0 Å². The molecule has 1 saturated carbocycles. The molecule has 2 heteroatoms. The molecule has 1 N–H and O–H groups in total. The summed E-state index contributed by atoms with van der Waals surface area (Å²) in [5, 5.41) is 4.58. The van der Waals surface area contributed by atoms with Gasteiger partial charge in [-0.05, 0) is 63.3 Å². The van der Waals surface area contributed by atoms with Gasteiger partial charge in [0.05, 0.1) is 0 Å². The van der Waals surface area contributed by atoms with Crippen LogP contribution in [0, 0.1) is 11.8 Å². The van der Waals surface area contributed by atoms with Crippen LogP contribution in [0.25, 0.3) is 0 Å². The van der Waals surface area contributed by atoms with Crippen LogP contribution in [-0.4, -0.2) is 12.1 Å². The summed E-state index contributed by atoms with van der Waals surface area (Å²) in [5.41, 5.74) is 1.58. The van der Waals surface area contributed by atoms with Gasteiger partial charge in [0.1, 0.15) is 0 Å². The maximum atomic E-state index is 6.15. The first-order chi connectivity index (χ1) is 9.94. The smallest absolute Gasteiger partial charge is 0.0408 e. The van der Waals surface area contributed by atoms with Gasteiger partial charge in [0.15, 0.2) is 0 Å². The van der Waals surface area contributed by atoms with Crippen molar-refractivity contribution in [3.63, 3.8) is 0 Å². The van der Waals surface area contributed by atoms with Crippen LogP contribution in [0.5, 0.6) is 0 Å². The Morgan fingerprint density at radius 3 is 2.52 bits per heavy atom. The van der Waals surface area contributed by atoms with Crippen molar-refractivity contribution in [1.82, 2.24) is 5.32 Å². The quantitative estimate of drug-likeness (QED) is 0.761. The molecule has 0 saturated heterocycles. The standard InChI is InChI=1S/C19H30ClN/c1-19(2,3)21-14-17(16-9-5-4-6-10-16)12-15-8-7-11-18(20)13-15/h7-8,11,13,16-17,21H,4-6,9-10,12,14H2,1-3H3. The fraction of sp³-hybridized carbons (Fsp3) is 0.684. The van der Waals surface area contributed by atoms with Crippen LogP contribution in [0.15, 0.2) is 24.3 Å². The molecule has 0 radical (unpaired) electrons. The minimum Gasteiger partial charge on any atom is -0.312 e. The van der Waals surface area contributed by atoms with Crippen LogP contribution in [-0.2, 0) is 6.42 Å². The maximum absolute atomic E-state index is 6.15. The third-order valence-corrected chi connectivity index (χ3v) is 4.83. The third kappa shape index (κ3) is 6.00. The molecule has 0 aliphatic heterocycles. The molecule has 1 nitrogen and oxygen atoms in total. The normalized spacial score (nSPS) is 18.7. The Bertz CT molecular complexity index is 429. The van der Waals surface area contributed by atoms with E-state index in [0.717, 1.165) is 29.8 Å². The van der Waals surface area contributed by atoms with E-state index in [9.17, 15) is 0 Å². The van der Waals surface area contributed by atoms with Crippen molar-refractivity contribution in [2.45, 2.75) is 64.8 Å². The highest BCUT2D eigenvalue weighted by Gasteiger charge is 2.25. The Hall–Kier alpha value is -0.530. The maximum Gasteiger partial charge on any atom is 0.0408 e. The zero-order valence-electron chi connectivity index (χ0n) is 13.8. The molecule has 1 fully saturated rings. The zero-order chi connectivity index (χ0) is 15.3. The van der Waals surface area contributed by atoms with Gasteiger partial charge >= 0.3 is 0 Å². The summed E-state index contributed by atoms with van der Waals surface area (Å²) in [7, 11) is 0. The number of hydrogen-bond donors (Lipinski definition) is 1. The molecule has 2 rings (SSSR count). The van der Waals surface area contributed by atoms with E-state index < -0.39 is 0 Å². The summed E-state index contributed by atoms with van der Waals surface area (Å²) >= 11 is 6.15. The molecular formula is C19H30ClN. The van der Waals surface area contributed by atoms with E-state index in [4.69, 9.17) is 11.6 Å². The van der Waals surface area contributed by atoms with E-state index in [-0.39, 0.29) is 5.54 Å². The molecule has 0 amide bonds. The second kappa shape index (κ2) is 7.65. The lowest BCUT2D eigenvalue weighted by molar-refractivity contribution is 0.225. The number of hydrogen-bond acceptors (Lipinski definition) is 1. The van der Waals surface area contributed by atoms with E-state index in [1.165, 1.54) is 37.7 Å². The van der Waals surface area contributed by atoms with Gasteiger partial charge in [0.25, 0.3) is 0 Å². The topological polar surface area (TPSA) is 12.0 Å². The van der Waals surface area contributed by atoms with Gasteiger partial charge < -0.3 is 5.32 Å². The number of benzene rings is 1. The first-order valence-electron chi connectivity index (χ1n) is 8.43. The van der Waals surface area contributed by atoms with E-state index in [1.807, 2.05) is 6.07 Å². The summed E-state index contributed by atoms with van der Waals surface area (Å²) in [6.45, 7) is 7.87. The molecule has 1 aliphatic rings. The molecule has 0 bridgehead atoms. The lowest BCUT2D eigenvalue weighted by Crippen LogP contribution is -2.41. The predicted octanol–water partition coefficient (Wildman–Crippen LogP) is 5.47. The highest BCUT2D eigenvalue weighted by Crippen LogP contribution is 2.32. The Balaban J connectivity index is 2.03. The second-order valence-electron chi connectivity index (χ2n) is 7.62. The van der Waals surface area contributed by atoms with E-state index in [2.05, 4.69) is 44.3 Å². The minimum absolute atomic E-state index is 0.196. The van der Waals surface area contributed by atoms with Crippen LogP contribution in [0.4, 0.5) is 0 Å². The molecule has 118 valence electrons.